The lowest BCUT2D eigenvalue weighted by atomic mass is 10.2. The van der Waals surface area contributed by atoms with Gasteiger partial charge in [0.25, 0.3) is 5.22 Å². The van der Waals surface area contributed by atoms with E-state index in [1.807, 2.05) is 0 Å². The fourth-order valence-electron chi connectivity index (χ4n) is 1.84. The fourth-order valence-corrected chi connectivity index (χ4v) is 2.56. The average molecular weight is 319 g/mol. The quantitative estimate of drug-likeness (QED) is 0.609. The summed E-state index contributed by atoms with van der Waals surface area (Å²) in [6.45, 7) is 2.59. The molecule has 7 nitrogen and oxygen atoms in total. The minimum atomic E-state index is -1.32. The van der Waals surface area contributed by atoms with E-state index in [2.05, 4.69) is 10.2 Å². The zero-order valence-corrected chi connectivity index (χ0v) is 12.4. The van der Waals surface area contributed by atoms with Crippen molar-refractivity contribution in [2.75, 3.05) is 13.2 Å². The van der Waals surface area contributed by atoms with Crippen LogP contribution >= 0.6 is 11.8 Å². The zero-order valence-electron chi connectivity index (χ0n) is 11.6. The first-order chi connectivity index (χ1) is 10.6. The van der Waals surface area contributed by atoms with Crippen molar-refractivity contribution in [2.45, 2.75) is 12.1 Å². The Morgan fingerprint density at radius 2 is 2.05 bits per heavy atom. The van der Waals surface area contributed by atoms with Gasteiger partial charge in [0.15, 0.2) is 11.5 Å². The Morgan fingerprint density at radius 3 is 2.73 bits per heavy atom. The van der Waals surface area contributed by atoms with Gasteiger partial charge in [-0.2, -0.15) is 0 Å². The van der Waals surface area contributed by atoms with E-state index < -0.39 is 5.97 Å². The number of hydrogen-bond donors (Lipinski definition) is 0. The Bertz CT molecular complexity index is 741. The summed E-state index contributed by atoms with van der Waals surface area (Å²) in [5, 5.41) is 18.8. The number of ether oxygens (including phenoxy) is 2. The van der Waals surface area contributed by atoms with E-state index in [9.17, 15) is 9.90 Å². The van der Waals surface area contributed by atoms with Gasteiger partial charge < -0.3 is 23.8 Å². The van der Waals surface area contributed by atoms with Crippen molar-refractivity contribution < 1.29 is 23.8 Å². The number of aryl methyl sites for hydroxylation is 1. The Hall–Kier alpha value is -2.48. The predicted octanol–water partition coefficient (Wildman–Crippen LogP) is 1.03. The maximum Gasteiger partial charge on any atom is 0.281 e. The van der Waals surface area contributed by atoms with Crippen LogP contribution in [-0.4, -0.2) is 29.4 Å². The number of benzene rings is 1. The molecule has 8 heteroatoms. The number of carboxylic acid groups (broad SMARTS) is 1. The molecule has 114 valence electrons. The highest BCUT2D eigenvalue weighted by Gasteiger charge is 2.13. The third-order valence-corrected chi connectivity index (χ3v) is 3.61. The Morgan fingerprint density at radius 1 is 1.27 bits per heavy atom. The van der Waals surface area contributed by atoms with Gasteiger partial charge in [-0.15, -0.1) is 10.2 Å². The van der Waals surface area contributed by atoms with Crippen molar-refractivity contribution >= 4 is 23.8 Å². The number of aromatic nitrogens is 2. The molecule has 2 aromatic rings. The highest BCUT2D eigenvalue weighted by molar-refractivity contribution is 8.03. The average Bonchev–Trinajstić information content (AvgIpc) is 2.91. The molecule has 2 heterocycles. The molecule has 0 radical (unpaired) electrons. The van der Waals surface area contributed by atoms with E-state index in [4.69, 9.17) is 13.9 Å². The number of carbonyl (C=O) groups excluding carboxylic acids is 1. The summed E-state index contributed by atoms with van der Waals surface area (Å²) < 4.78 is 16.0. The number of carbonyl (C=O) groups is 1. The van der Waals surface area contributed by atoms with Gasteiger partial charge >= 0.3 is 0 Å². The molecule has 0 atom stereocenters. The molecule has 1 aromatic heterocycles. The lowest BCUT2D eigenvalue weighted by molar-refractivity contribution is -0.298. The number of thioether (sulfide) groups is 1. The van der Waals surface area contributed by atoms with Crippen LogP contribution in [0.3, 0.4) is 0 Å². The van der Waals surface area contributed by atoms with Gasteiger partial charge in [-0.25, -0.2) is 0 Å². The standard InChI is InChI=1S/C14H12N2O5S/c1-8-15-16-14(21-8)22-12(13(17)18)7-9-2-3-10-11(6-9)20-5-4-19-10/h2-3,6-7H,4-5H2,1H3,(H,17,18)/p-1/b12-7-. The molecule has 0 saturated heterocycles. The maximum atomic E-state index is 11.3. The molecule has 0 N–H and O–H groups in total. The minimum absolute atomic E-state index is 0.0414. The monoisotopic (exact) mass is 319 g/mol. The molecular formula is C14H11N2O5S-. The highest BCUT2D eigenvalue weighted by atomic mass is 32.2. The number of fused-ring (bicyclic) bond motifs is 1. The van der Waals surface area contributed by atoms with Gasteiger partial charge in [0.1, 0.15) is 13.2 Å². The van der Waals surface area contributed by atoms with E-state index in [-0.39, 0.29) is 10.1 Å². The van der Waals surface area contributed by atoms with Crippen LogP contribution in [0.1, 0.15) is 11.5 Å². The summed E-state index contributed by atoms with van der Waals surface area (Å²) in [4.78, 5) is 11.2. The summed E-state index contributed by atoms with van der Waals surface area (Å²) >= 11 is 0.837. The van der Waals surface area contributed by atoms with E-state index in [0.29, 0.717) is 36.2 Å². The molecule has 1 aromatic carbocycles. The molecule has 0 amide bonds. The SMILES string of the molecule is Cc1nnc(S/C(=C\c2ccc3c(c2)OCCO3)C(=O)[O-])o1. The second-order valence-electron chi connectivity index (χ2n) is 4.39. The number of nitrogens with zero attached hydrogens (tertiary/aromatic N) is 2. The number of rotatable bonds is 4. The Labute approximate surface area is 129 Å². The molecule has 22 heavy (non-hydrogen) atoms. The van der Waals surface area contributed by atoms with E-state index in [0.717, 1.165) is 11.8 Å². The molecule has 3 rings (SSSR count). The second-order valence-corrected chi connectivity index (χ2v) is 5.38. The summed E-state index contributed by atoms with van der Waals surface area (Å²) in [6.07, 6.45) is 1.46. The Kier molecular flexibility index (Phi) is 4.01. The number of carboxylic acids is 1. The maximum absolute atomic E-state index is 11.3. The van der Waals surface area contributed by atoms with Gasteiger partial charge in [-0.05, 0) is 35.5 Å². The van der Waals surface area contributed by atoms with Crippen molar-refractivity contribution in [2.24, 2.45) is 0 Å². The van der Waals surface area contributed by atoms with Crippen LogP contribution in [0.25, 0.3) is 6.08 Å². The molecule has 0 unspecified atom stereocenters. The van der Waals surface area contributed by atoms with Crippen LogP contribution in [-0.2, 0) is 4.79 Å². The second kappa shape index (κ2) is 6.10. The van der Waals surface area contributed by atoms with Crippen LogP contribution in [0.15, 0.2) is 32.7 Å². The minimum Gasteiger partial charge on any atom is -0.544 e. The molecular weight excluding hydrogens is 308 g/mol. The summed E-state index contributed by atoms with van der Waals surface area (Å²) in [5.41, 5.74) is 0.646. The van der Waals surface area contributed by atoms with E-state index >= 15 is 0 Å². The first-order valence-electron chi connectivity index (χ1n) is 6.42. The molecule has 0 spiro atoms. The van der Waals surface area contributed by atoms with Gasteiger partial charge in [-0.3, -0.25) is 0 Å². The number of hydrogen-bond acceptors (Lipinski definition) is 8. The fraction of sp³-hybridized carbons (Fsp3) is 0.214. The lowest BCUT2D eigenvalue weighted by Gasteiger charge is -2.18. The predicted molar refractivity (Wildman–Crippen MR) is 75.3 cm³/mol. The van der Waals surface area contributed by atoms with E-state index in [1.165, 1.54) is 6.08 Å². The first-order valence-corrected chi connectivity index (χ1v) is 7.24. The van der Waals surface area contributed by atoms with Crippen molar-refractivity contribution in [3.63, 3.8) is 0 Å². The van der Waals surface area contributed by atoms with Crippen LogP contribution in [0, 0.1) is 6.92 Å². The van der Waals surface area contributed by atoms with Crippen LogP contribution in [0.2, 0.25) is 0 Å². The van der Waals surface area contributed by atoms with Crippen LogP contribution in [0.5, 0.6) is 11.5 Å². The van der Waals surface area contributed by atoms with Gasteiger partial charge in [0.05, 0.1) is 5.97 Å². The topological polar surface area (TPSA) is 97.5 Å². The molecule has 1 aliphatic heterocycles. The third kappa shape index (κ3) is 3.22. The van der Waals surface area contributed by atoms with Crippen LogP contribution in [0.4, 0.5) is 0 Å². The van der Waals surface area contributed by atoms with Crippen LogP contribution < -0.4 is 14.6 Å². The van der Waals surface area contributed by atoms with E-state index in [1.54, 1.807) is 25.1 Å². The lowest BCUT2D eigenvalue weighted by Crippen LogP contribution is -2.23. The normalized spacial score (nSPS) is 14.0. The van der Waals surface area contributed by atoms with Gasteiger partial charge in [0, 0.05) is 11.8 Å². The molecule has 0 saturated carbocycles. The third-order valence-electron chi connectivity index (χ3n) is 2.77. The summed E-state index contributed by atoms with van der Waals surface area (Å²) in [6, 6.07) is 5.17. The summed E-state index contributed by atoms with van der Waals surface area (Å²) in [5.74, 6) is 0.255. The smallest absolute Gasteiger partial charge is 0.281 e. The van der Waals surface area contributed by atoms with Gasteiger partial charge in [-0.1, -0.05) is 6.07 Å². The molecule has 0 aliphatic carbocycles. The van der Waals surface area contributed by atoms with Crippen molar-refractivity contribution in [1.29, 1.82) is 0 Å². The van der Waals surface area contributed by atoms with Crippen molar-refractivity contribution in [3.05, 3.63) is 34.6 Å². The summed E-state index contributed by atoms with van der Waals surface area (Å²) in [7, 11) is 0. The molecule has 0 fully saturated rings. The highest BCUT2D eigenvalue weighted by Crippen LogP contribution is 2.33. The zero-order chi connectivity index (χ0) is 15.5. The van der Waals surface area contributed by atoms with Crippen molar-refractivity contribution in [1.82, 2.24) is 10.2 Å². The Balaban J connectivity index is 1.87. The molecule has 1 aliphatic rings. The molecule has 0 bridgehead atoms. The van der Waals surface area contributed by atoms with Crippen molar-refractivity contribution in [3.8, 4) is 11.5 Å². The largest absolute Gasteiger partial charge is 0.544 e. The van der Waals surface area contributed by atoms with Gasteiger partial charge in [0.2, 0.25) is 5.89 Å². The first kappa shape index (κ1) is 14.5. The number of aliphatic carboxylic acids is 1.